The molecule has 0 saturated heterocycles. The standard InChI is InChI=1S/C24H16BrCl2N3O5/c1-34-21-7-4-15(9-22(21)35-13-14-2-5-17(25)6-3-14)8-16(12-28)24(31)29-23-19(26)10-18(30(32)33)11-20(23)27/h2-11H,13H2,1H3,(H,29,31)/b16-8+. The van der Waals surface area contributed by atoms with Gasteiger partial charge in [-0.2, -0.15) is 5.26 Å². The monoisotopic (exact) mass is 575 g/mol. The summed E-state index contributed by atoms with van der Waals surface area (Å²) in [5.74, 6) is 0.105. The molecule has 3 aromatic carbocycles. The van der Waals surface area contributed by atoms with Crippen LogP contribution in [0.5, 0.6) is 11.5 Å². The third-order valence-electron chi connectivity index (χ3n) is 4.65. The predicted molar refractivity (Wildman–Crippen MR) is 137 cm³/mol. The SMILES string of the molecule is COc1ccc(/C=C(\C#N)C(=O)Nc2c(Cl)cc([N+](=O)[O-])cc2Cl)cc1OCc1ccc(Br)cc1. The Hall–Kier alpha value is -3.58. The Morgan fingerprint density at radius 1 is 1.14 bits per heavy atom. The molecule has 0 aliphatic carbocycles. The highest BCUT2D eigenvalue weighted by molar-refractivity contribution is 9.10. The number of anilines is 1. The number of ether oxygens (including phenoxy) is 2. The molecule has 0 fully saturated rings. The highest BCUT2D eigenvalue weighted by atomic mass is 79.9. The maximum Gasteiger partial charge on any atom is 0.272 e. The van der Waals surface area contributed by atoms with Crippen molar-refractivity contribution >= 4 is 62.5 Å². The number of carbonyl (C=O) groups excluding carboxylic acids is 1. The Morgan fingerprint density at radius 2 is 1.80 bits per heavy atom. The highest BCUT2D eigenvalue weighted by Gasteiger charge is 2.18. The van der Waals surface area contributed by atoms with Crippen LogP contribution in [0.15, 0.2) is 64.6 Å². The van der Waals surface area contributed by atoms with Crippen LogP contribution in [0.1, 0.15) is 11.1 Å². The Balaban J connectivity index is 1.83. The number of rotatable bonds is 8. The number of nitrogens with one attached hydrogen (secondary N) is 1. The minimum Gasteiger partial charge on any atom is -0.493 e. The Labute approximate surface area is 219 Å². The molecule has 1 N–H and O–H groups in total. The number of methoxy groups -OCH3 is 1. The molecule has 0 radical (unpaired) electrons. The molecular weight excluding hydrogens is 561 g/mol. The first-order chi connectivity index (χ1) is 16.7. The zero-order valence-electron chi connectivity index (χ0n) is 18.1. The fourth-order valence-corrected chi connectivity index (χ4v) is 3.75. The molecular formula is C24H16BrCl2N3O5. The zero-order valence-corrected chi connectivity index (χ0v) is 21.1. The molecule has 0 atom stereocenters. The second-order valence-corrected chi connectivity index (χ2v) is 8.72. The van der Waals surface area contributed by atoms with E-state index >= 15 is 0 Å². The molecule has 8 nitrogen and oxygen atoms in total. The molecule has 0 unspecified atom stereocenters. The van der Waals surface area contributed by atoms with Gasteiger partial charge < -0.3 is 14.8 Å². The van der Waals surface area contributed by atoms with E-state index in [1.165, 1.54) is 13.2 Å². The van der Waals surface area contributed by atoms with Crippen LogP contribution in [0.4, 0.5) is 11.4 Å². The van der Waals surface area contributed by atoms with Crippen molar-refractivity contribution in [2.75, 3.05) is 12.4 Å². The number of nitriles is 1. The molecule has 1 amide bonds. The molecule has 0 spiro atoms. The van der Waals surface area contributed by atoms with Crippen LogP contribution in [-0.2, 0) is 11.4 Å². The van der Waals surface area contributed by atoms with Crippen LogP contribution in [0, 0.1) is 21.4 Å². The smallest absolute Gasteiger partial charge is 0.272 e. The van der Waals surface area contributed by atoms with Gasteiger partial charge in [0.1, 0.15) is 18.2 Å². The first kappa shape index (κ1) is 26.0. The summed E-state index contributed by atoms with van der Waals surface area (Å²) >= 11 is 15.5. The average molecular weight is 577 g/mol. The van der Waals surface area contributed by atoms with E-state index in [1.807, 2.05) is 30.3 Å². The number of halogens is 3. The third-order valence-corrected chi connectivity index (χ3v) is 5.77. The fourth-order valence-electron chi connectivity index (χ4n) is 2.92. The van der Waals surface area contributed by atoms with Crippen molar-refractivity contribution in [1.82, 2.24) is 0 Å². The van der Waals surface area contributed by atoms with Crippen LogP contribution in [0.3, 0.4) is 0 Å². The molecule has 35 heavy (non-hydrogen) atoms. The number of non-ortho nitro benzene ring substituents is 1. The molecule has 0 aromatic heterocycles. The Bertz CT molecular complexity index is 1330. The molecule has 3 rings (SSSR count). The molecule has 3 aromatic rings. The van der Waals surface area contributed by atoms with E-state index < -0.39 is 10.8 Å². The maximum atomic E-state index is 12.7. The van der Waals surface area contributed by atoms with Crippen molar-refractivity contribution in [2.24, 2.45) is 0 Å². The topological polar surface area (TPSA) is 114 Å². The second kappa shape index (κ2) is 11.7. The lowest BCUT2D eigenvalue weighted by atomic mass is 10.1. The number of nitro groups is 1. The molecule has 178 valence electrons. The van der Waals surface area contributed by atoms with E-state index in [-0.39, 0.29) is 33.6 Å². The van der Waals surface area contributed by atoms with Gasteiger partial charge in [-0.3, -0.25) is 14.9 Å². The summed E-state index contributed by atoms with van der Waals surface area (Å²) in [5.41, 5.74) is 0.815. The summed E-state index contributed by atoms with van der Waals surface area (Å²) in [5, 5.41) is 22.6. The van der Waals surface area contributed by atoms with E-state index in [4.69, 9.17) is 32.7 Å². The predicted octanol–water partition coefficient (Wildman–Crippen LogP) is 6.80. The minimum absolute atomic E-state index is 0.0432. The van der Waals surface area contributed by atoms with Gasteiger partial charge in [0, 0.05) is 16.6 Å². The van der Waals surface area contributed by atoms with Gasteiger partial charge in [0.15, 0.2) is 11.5 Å². The fraction of sp³-hybridized carbons (Fsp3) is 0.0833. The Morgan fingerprint density at radius 3 is 2.37 bits per heavy atom. The molecule has 0 aliphatic rings. The number of hydrogen-bond donors (Lipinski definition) is 1. The second-order valence-electron chi connectivity index (χ2n) is 6.99. The molecule has 0 bridgehead atoms. The first-order valence-corrected chi connectivity index (χ1v) is 11.4. The normalized spacial score (nSPS) is 10.9. The number of benzene rings is 3. The van der Waals surface area contributed by atoms with Gasteiger partial charge in [0.25, 0.3) is 11.6 Å². The van der Waals surface area contributed by atoms with Gasteiger partial charge in [0.05, 0.1) is 27.8 Å². The largest absolute Gasteiger partial charge is 0.493 e. The lowest BCUT2D eigenvalue weighted by Crippen LogP contribution is -2.14. The number of nitrogens with zero attached hydrogens (tertiary/aromatic N) is 2. The first-order valence-electron chi connectivity index (χ1n) is 9.83. The number of hydrogen-bond acceptors (Lipinski definition) is 6. The van der Waals surface area contributed by atoms with Gasteiger partial charge in [-0.15, -0.1) is 0 Å². The number of carbonyl (C=O) groups is 1. The Kier molecular flexibility index (Phi) is 8.71. The number of nitro benzene ring substituents is 1. The van der Waals surface area contributed by atoms with Crippen LogP contribution < -0.4 is 14.8 Å². The summed E-state index contributed by atoms with van der Waals surface area (Å²) < 4.78 is 12.2. The molecule has 11 heteroatoms. The lowest BCUT2D eigenvalue weighted by molar-refractivity contribution is -0.384. The van der Waals surface area contributed by atoms with Crippen molar-refractivity contribution in [3.8, 4) is 17.6 Å². The van der Waals surface area contributed by atoms with Crippen LogP contribution in [0.25, 0.3) is 6.08 Å². The quantitative estimate of drug-likeness (QED) is 0.136. The minimum atomic E-state index is -0.793. The van der Waals surface area contributed by atoms with Crippen molar-refractivity contribution < 1.29 is 19.2 Å². The lowest BCUT2D eigenvalue weighted by Gasteiger charge is -2.12. The molecule has 0 heterocycles. The van der Waals surface area contributed by atoms with E-state index in [0.717, 1.165) is 22.2 Å². The molecule has 0 aliphatic heterocycles. The van der Waals surface area contributed by atoms with Crippen molar-refractivity contribution in [1.29, 1.82) is 5.26 Å². The summed E-state index contributed by atoms with van der Waals surface area (Å²) in [6.45, 7) is 0.277. The summed E-state index contributed by atoms with van der Waals surface area (Å²) in [4.78, 5) is 23.0. The summed E-state index contributed by atoms with van der Waals surface area (Å²) in [6.07, 6.45) is 1.36. The third kappa shape index (κ3) is 6.73. The van der Waals surface area contributed by atoms with Gasteiger partial charge in [-0.05, 0) is 41.5 Å². The van der Waals surface area contributed by atoms with E-state index in [9.17, 15) is 20.2 Å². The van der Waals surface area contributed by atoms with Crippen molar-refractivity contribution in [3.63, 3.8) is 0 Å². The highest BCUT2D eigenvalue weighted by Crippen LogP contribution is 2.35. The molecule has 0 saturated carbocycles. The summed E-state index contributed by atoms with van der Waals surface area (Å²) in [6, 6.07) is 16.5. The van der Waals surface area contributed by atoms with Crippen LogP contribution >= 0.6 is 39.1 Å². The maximum absolute atomic E-state index is 12.7. The van der Waals surface area contributed by atoms with Gasteiger partial charge >= 0.3 is 0 Å². The average Bonchev–Trinajstić information content (AvgIpc) is 2.84. The van der Waals surface area contributed by atoms with Crippen LogP contribution in [-0.4, -0.2) is 17.9 Å². The van der Waals surface area contributed by atoms with Crippen molar-refractivity contribution in [2.45, 2.75) is 6.61 Å². The van der Waals surface area contributed by atoms with E-state index in [1.54, 1.807) is 18.2 Å². The number of amides is 1. The zero-order chi connectivity index (χ0) is 25.5. The van der Waals surface area contributed by atoms with E-state index in [2.05, 4.69) is 21.2 Å². The van der Waals surface area contributed by atoms with Gasteiger partial charge in [-0.25, -0.2) is 0 Å². The van der Waals surface area contributed by atoms with Crippen molar-refractivity contribution in [3.05, 3.63) is 95.9 Å². The van der Waals surface area contributed by atoms with Gasteiger partial charge in [-0.1, -0.05) is 57.3 Å². The van der Waals surface area contributed by atoms with Crippen LogP contribution in [0.2, 0.25) is 10.0 Å². The summed E-state index contributed by atoms with van der Waals surface area (Å²) in [7, 11) is 1.50. The van der Waals surface area contributed by atoms with Gasteiger partial charge in [0.2, 0.25) is 0 Å². The van der Waals surface area contributed by atoms with E-state index in [0.29, 0.717) is 17.1 Å².